The van der Waals surface area contributed by atoms with Crippen LogP contribution in [0.25, 0.3) is 5.69 Å². The second-order valence-electron chi connectivity index (χ2n) is 6.82. The quantitative estimate of drug-likeness (QED) is 0.373. The molecular formula is C24H20ClN5O. The van der Waals surface area contributed by atoms with Crippen LogP contribution in [-0.4, -0.2) is 31.8 Å². The summed E-state index contributed by atoms with van der Waals surface area (Å²) in [6, 6.07) is 14.7. The highest BCUT2D eigenvalue weighted by atomic mass is 35.5. The molecule has 0 saturated heterocycles. The van der Waals surface area contributed by atoms with E-state index in [4.69, 9.17) is 11.6 Å². The maximum atomic E-state index is 12.7. The molecule has 2 aromatic carbocycles. The lowest BCUT2D eigenvalue weighted by molar-refractivity contribution is 0.0952. The van der Waals surface area contributed by atoms with Crippen molar-refractivity contribution in [3.63, 3.8) is 0 Å². The zero-order valence-electron chi connectivity index (χ0n) is 16.7. The van der Waals surface area contributed by atoms with Crippen molar-refractivity contribution in [2.24, 2.45) is 0 Å². The fourth-order valence-electron chi connectivity index (χ4n) is 3.07. The zero-order chi connectivity index (χ0) is 21.5. The molecule has 0 aliphatic carbocycles. The number of rotatable bonds is 6. The summed E-state index contributed by atoms with van der Waals surface area (Å²) in [6.45, 7) is 1.37. The van der Waals surface area contributed by atoms with Crippen LogP contribution in [-0.2, 0) is 6.54 Å². The van der Waals surface area contributed by atoms with E-state index < -0.39 is 0 Å². The maximum absolute atomic E-state index is 12.7. The van der Waals surface area contributed by atoms with Crippen molar-refractivity contribution in [2.75, 3.05) is 6.54 Å². The number of nitrogens with one attached hydrogen (secondary N) is 1. The molecule has 1 amide bonds. The SMILES string of the molecule is O=C(NCCCn1ccnc1)c1ccc(-n2cccn2)c(C#Cc2ccccc2Cl)c1. The Balaban J connectivity index is 1.53. The lowest BCUT2D eigenvalue weighted by atomic mass is 10.1. The van der Waals surface area contributed by atoms with E-state index in [0.29, 0.717) is 22.7 Å². The lowest BCUT2D eigenvalue weighted by Gasteiger charge is -2.09. The lowest BCUT2D eigenvalue weighted by Crippen LogP contribution is -2.25. The number of aryl methyl sites for hydroxylation is 1. The van der Waals surface area contributed by atoms with Crippen LogP contribution < -0.4 is 5.32 Å². The summed E-state index contributed by atoms with van der Waals surface area (Å²) in [5.41, 5.74) is 2.75. The Hall–Kier alpha value is -3.82. The van der Waals surface area contributed by atoms with Gasteiger partial charge in [0.1, 0.15) is 0 Å². The number of amides is 1. The van der Waals surface area contributed by atoms with Crippen molar-refractivity contribution < 1.29 is 4.79 Å². The molecule has 2 heterocycles. The van der Waals surface area contributed by atoms with Gasteiger partial charge in [-0.1, -0.05) is 35.6 Å². The van der Waals surface area contributed by atoms with Gasteiger partial charge in [0.2, 0.25) is 0 Å². The Morgan fingerprint density at radius 3 is 2.68 bits per heavy atom. The molecule has 6 nitrogen and oxygen atoms in total. The number of imidazole rings is 1. The minimum atomic E-state index is -0.140. The first kappa shape index (κ1) is 20.5. The molecule has 2 aromatic heterocycles. The monoisotopic (exact) mass is 429 g/mol. The highest BCUT2D eigenvalue weighted by molar-refractivity contribution is 6.31. The van der Waals surface area contributed by atoms with Gasteiger partial charge in [-0.25, -0.2) is 9.67 Å². The third kappa shape index (κ3) is 5.21. The Labute approximate surface area is 185 Å². The van der Waals surface area contributed by atoms with Gasteiger partial charge in [0, 0.05) is 49.0 Å². The van der Waals surface area contributed by atoms with Crippen LogP contribution in [0.4, 0.5) is 0 Å². The normalized spacial score (nSPS) is 10.4. The van der Waals surface area contributed by atoms with Gasteiger partial charge in [0.05, 0.1) is 22.6 Å². The van der Waals surface area contributed by atoms with E-state index in [1.54, 1.807) is 41.6 Å². The molecule has 0 unspecified atom stereocenters. The number of halogens is 1. The number of hydrogen-bond acceptors (Lipinski definition) is 3. The van der Waals surface area contributed by atoms with Crippen LogP contribution in [0.5, 0.6) is 0 Å². The van der Waals surface area contributed by atoms with Gasteiger partial charge >= 0.3 is 0 Å². The third-order valence-electron chi connectivity index (χ3n) is 4.65. The number of aromatic nitrogens is 4. The van der Waals surface area contributed by atoms with Crippen LogP contribution in [0.2, 0.25) is 5.02 Å². The minimum absolute atomic E-state index is 0.140. The second-order valence-corrected chi connectivity index (χ2v) is 7.23. The van der Waals surface area contributed by atoms with Crippen LogP contribution in [0, 0.1) is 11.8 Å². The van der Waals surface area contributed by atoms with E-state index in [1.807, 2.05) is 47.3 Å². The van der Waals surface area contributed by atoms with E-state index >= 15 is 0 Å². The second kappa shape index (κ2) is 9.79. The minimum Gasteiger partial charge on any atom is -0.352 e. The maximum Gasteiger partial charge on any atom is 0.251 e. The number of hydrogen-bond donors (Lipinski definition) is 1. The van der Waals surface area contributed by atoms with Crippen molar-refractivity contribution in [2.45, 2.75) is 13.0 Å². The van der Waals surface area contributed by atoms with Crippen LogP contribution >= 0.6 is 11.6 Å². The molecule has 0 aliphatic rings. The molecule has 0 aliphatic heterocycles. The van der Waals surface area contributed by atoms with Crippen molar-refractivity contribution in [1.29, 1.82) is 0 Å². The van der Waals surface area contributed by atoms with Crippen molar-refractivity contribution in [3.05, 3.63) is 101 Å². The van der Waals surface area contributed by atoms with Crippen molar-refractivity contribution >= 4 is 17.5 Å². The average Bonchev–Trinajstić information content (AvgIpc) is 3.50. The molecule has 4 rings (SSSR count). The van der Waals surface area contributed by atoms with E-state index in [-0.39, 0.29) is 5.91 Å². The molecular weight excluding hydrogens is 410 g/mol. The van der Waals surface area contributed by atoms with Gasteiger partial charge in [0.25, 0.3) is 5.91 Å². The predicted molar refractivity (Wildman–Crippen MR) is 120 cm³/mol. The largest absolute Gasteiger partial charge is 0.352 e. The molecule has 154 valence electrons. The topological polar surface area (TPSA) is 64.7 Å². The molecule has 1 N–H and O–H groups in total. The van der Waals surface area contributed by atoms with Gasteiger partial charge in [0.15, 0.2) is 0 Å². The summed E-state index contributed by atoms with van der Waals surface area (Å²) in [7, 11) is 0. The predicted octanol–water partition coefficient (Wildman–Crippen LogP) is 3.94. The van der Waals surface area contributed by atoms with E-state index in [0.717, 1.165) is 24.2 Å². The van der Waals surface area contributed by atoms with Gasteiger partial charge in [-0.3, -0.25) is 4.79 Å². The molecule has 31 heavy (non-hydrogen) atoms. The molecule has 0 spiro atoms. The fourth-order valence-corrected chi connectivity index (χ4v) is 3.25. The van der Waals surface area contributed by atoms with E-state index in [9.17, 15) is 4.79 Å². The highest BCUT2D eigenvalue weighted by Gasteiger charge is 2.10. The summed E-state index contributed by atoms with van der Waals surface area (Å²) >= 11 is 6.23. The zero-order valence-corrected chi connectivity index (χ0v) is 17.5. The molecule has 0 fully saturated rings. The molecule has 7 heteroatoms. The molecule has 0 radical (unpaired) electrons. The average molecular weight is 430 g/mol. The van der Waals surface area contributed by atoms with Crippen molar-refractivity contribution in [1.82, 2.24) is 24.6 Å². The van der Waals surface area contributed by atoms with Crippen molar-refractivity contribution in [3.8, 4) is 17.5 Å². The summed E-state index contributed by atoms with van der Waals surface area (Å²) < 4.78 is 3.71. The first-order valence-corrected chi connectivity index (χ1v) is 10.2. The van der Waals surface area contributed by atoms with Gasteiger partial charge in [-0.15, -0.1) is 0 Å². The molecule has 0 atom stereocenters. The Kier molecular flexibility index (Phi) is 6.46. The number of carbonyl (C=O) groups is 1. The van der Waals surface area contributed by atoms with Gasteiger partial charge in [-0.05, 0) is 42.8 Å². The molecule has 4 aromatic rings. The number of carbonyl (C=O) groups excluding carboxylic acids is 1. The number of nitrogens with zero attached hydrogens (tertiary/aromatic N) is 4. The summed E-state index contributed by atoms with van der Waals surface area (Å²) in [5, 5.41) is 7.84. The Morgan fingerprint density at radius 1 is 1.03 bits per heavy atom. The summed E-state index contributed by atoms with van der Waals surface area (Å²) in [4.78, 5) is 16.7. The fraction of sp³-hybridized carbons (Fsp3) is 0.125. The van der Waals surface area contributed by atoms with Crippen LogP contribution in [0.3, 0.4) is 0 Å². The summed E-state index contributed by atoms with van der Waals surface area (Å²) in [6.07, 6.45) is 9.76. The molecule has 0 saturated carbocycles. The smallest absolute Gasteiger partial charge is 0.251 e. The molecule has 0 bridgehead atoms. The Morgan fingerprint density at radius 2 is 1.90 bits per heavy atom. The third-order valence-corrected chi connectivity index (χ3v) is 4.98. The summed E-state index contributed by atoms with van der Waals surface area (Å²) in [5.74, 6) is 6.12. The standard InChI is InChI=1S/C24H20ClN5O/c25-22-6-2-1-5-19(22)7-8-20-17-21(9-10-23(20)30-15-4-12-28-30)24(31)27-11-3-14-29-16-13-26-18-29/h1-2,4-6,9-10,12-13,15-18H,3,11,14H2,(H,27,31). The van der Waals surface area contributed by atoms with E-state index in [1.165, 1.54) is 0 Å². The van der Waals surface area contributed by atoms with Crippen LogP contribution in [0.15, 0.2) is 79.6 Å². The first-order chi connectivity index (χ1) is 15.2. The van der Waals surface area contributed by atoms with E-state index in [2.05, 4.69) is 27.2 Å². The number of benzene rings is 2. The van der Waals surface area contributed by atoms with Gasteiger partial charge < -0.3 is 9.88 Å². The Bertz CT molecular complexity index is 1220. The van der Waals surface area contributed by atoms with Gasteiger partial charge in [-0.2, -0.15) is 5.10 Å². The highest BCUT2D eigenvalue weighted by Crippen LogP contribution is 2.17. The van der Waals surface area contributed by atoms with Crippen LogP contribution in [0.1, 0.15) is 27.9 Å². The first-order valence-electron chi connectivity index (χ1n) is 9.85.